The molecule has 0 radical (unpaired) electrons. The van der Waals surface area contributed by atoms with E-state index >= 15 is 0 Å². The summed E-state index contributed by atoms with van der Waals surface area (Å²) in [6.45, 7) is 7.20. The minimum atomic E-state index is 0.288. The van der Waals surface area contributed by atoms with Gasteiger partial charge in [-0.2, -0.15) is 0 Å². The van der Waals surface area contributed by atoms with E-state index in [9.17, 15) is 0 Å². The van der Waals surface area contributed by atoms with E-state index in [1.807, 2.05) is 11.9 Å². The van der Waals surface area contributed by atoms with Crippen molar-refractivity contribution < 1.29 is 0 Å². The third kappa shape index (κ3) is 3.52. The van der Waals surface area contributed by atoms with Gasteiger partial charge in [0.25, 0.3) is 0 Å². The maximum absolute atomic E-state index is 5.95. The van der Waals surface area contributed by atoms with Gasteiger partial charge in [-0.05, 0) is 24.3 Å². The molecule has 0 aliphatic carbocycles. The van der Waals surface area contributed by atoms with Gasteiger partial charge in [-0.25, -0.2) is 0 Å². The van der Waals surface area contributed by atoms with Gasteiger partial charge >= 0.3 is 0 Å². The molecule has 1 heterocycles. The summed E-state index contributed by atoms with van der Waals surface area (Å²) in [5.41, 5.74) is 5.95. The van der Waals surface area contributed by atoms with E-state index in [2.05, 4.69) is 43.3 Å². The third-order valence-electron chi connectivity index (χ3n) is 2.52. The molecule has 1 aromatic rings. The van der Waals surface area contributed by atoms with Crippen LogP contribution in [0.3, 0.4) is 0 Å². The lowest BCUT2D eigenvalue weighted by Gasteiger charge is -2.25. The molecule has 90 valence electrons. The number of rotatable bonds is 4. The van der Waals surface area contributed by atoms with E-state index in [0.717, 1.165) is 6.54 Å². The average Bonchev–Trinajstić information content (AvgIpc) is 2.77. The third-order valence-corrected chi connectivity index (χ3v) is 3.56. The van der Waals surface area contributed by atoms with E-state index < -0.39 is 0 Å². The molecule has 16 heavy (non-hydrogen) atoms. The molecule has 0 amide bonds. The standard InChI is InChI=1S/C12H21N3S/c1-9(2)8-14-12(13)15(4)10(3)11-6-5-7-16-11/h5-7,9-10H,8H2,1-4H3,(H2,13,14). The molecule has 0 spiro atoms. The lowest BCUT2D eigenvalue weighted by atomic mass is 10.2. The molecular weight excluding hydrogens is 218 g/mol. The largest absolute Gasteiger partial charge is 0.370 e. The highest BCUT2D eigenvalue weighted by Crippen LogP contribution is 2.22. The van der Waals surface area contributed by atoms with Crippen LogP contribution in [0, 0.1) is 5.92 Å². The normalized spacial score (nSPS) is 14.2. The van der Waals surface area contributed by atoms with Crippen LogP contribution in [0.1, 0.15) is 31.7 Å². The Morgan fingerprint density at radius 1 is 1.50 bits per heavy atom. The van der Waals surface area contributed by atoms with Crippen LogP contribution in [-0.4, -0.2) is 24.5 Å². The lowest BCUT2D eigenvalue weighted by molar-refractivity contribution is 0.401. The van der Waals surface area contributed by atoms with E-state index in [1.165, 1.54) is 4.88 Å². The minimum absolute atomic E-state index is 0.288. The predicted octanol–water partition coefficient (Wildman–Crippen LogP) is 2.71. The van der Waals surface area contributed by atoms with Crippen molar-refractivity contribution in [1.82, 2.24) is 4.90 Å². The fourth-order valence-corrected chi connectivity index (χ4v) is 2.13. The monoisotopic (exact) mass is 239 g/mol. The van der Waals surface area contributed by atoms with Crippen molar-refractivity contribution in [3.05, 3.63) is 22.4 Å². The van der Waals surface area contributed by atoms with Gasteiger partial charge in [-0.1, -0.05) is 19.9 Å². The van der Waals surface area contributed by atoms with Crippen molar-refractivity contribution in [2.24, 2.45) is 16.6 Å². The van der Waals surface area contributed by atoms with Gasteiger partial charge in [0.15, 0.2) is 5.96 Å². The summed E-state index contributed by atoms with van der Waals surface area (Å²) in [4.78, 5) is 7.71. The highest BCUT2D eigenvalue weighted by atomic mass is 32.1. The zero-order valence-electron chi connectivity index (χ0n) is 10.5. The Labute approximate surface area is 102 Å². The molecule has 3 nitrogen and oxygen atoms in total. The molecule has 1 rings (SSSR count). The Kier molecular flexibility index (Phi) is 4.80. The van der Waals surface area contributed by atoms with Gasteiger partial charge in [-0.3, -0.25) is 4.99 Å². The Morgan fingerprint density at radius 3 is 2.69 bits per heavy atom. The molecule has 2 N–H and O–H groups in total. The minimum Gasteiger partial charge on any atom is -0.370 e. The smallest absolute Gasteiger partial charge is 0.191 e. The maximum atomic E-state index is 5.95. The topological polar surface area (TPSA) is 41.6 Å². The van der Waals surface area contributed by atoms with Crippen LogP contribution in [-0.2, 0) is 0 Å². The SMILES string of the molecule is CC(C)CN=C(N)N(C)C(C)c1cccs1. The molecule has 0 saturated heterocycles. The first kappa shape index (κ1) is 13.0. The first-order valence-corrected chi connectivity index (χ1v) is 6.46. The summed E-state index contributed by atoms with van der Waals surface area (Å²) in [6.07, 6.45) is 0. The highest BCUT2D eigenvalue weighted by Gasteiger charge is 2.14. The fraction of sp³-hybridized carbons (Fsp3) is 0.583. The first-order valence-electron chi connectivity index (χ1n) is 5.58. The molecule has 0 saturated carbocycles. The van der Waals surface area contributed by atoms with Gasteiger partial charge in [0.05, 0.1) is 6.04 Å². The molecule has 0 aliphatic rings. The van der Waals surface area contributed by atoms with E-state index in [1.54, 1.807) is 11.3 Å². The molecule has 4 heteroatoms. The van der Waals surface area contributed by atoms with Crippen molar-refractivity contribution in [2.45, 2.75) is 26.8 Å². The first-order chi connectivity index (χ1) is 7.52. The number of nitrogens with two attached hydrogens (primary N) is 1. The molecule has 0 bridgehead atoms. The second kappa shape index (κ2) is 5.89. The van der Waals surface area contributed by atoms with Gasteiger partial charge in [0.1, 0.15) is 0 Å². The van der Waals surface area contributed by atoms with E-state index in [4.69, 9.17) is 5.73 Å². The van der Waals surface area contributed by atoms with Crippen LogP contribution in [0.15, 0.2) is 22.5 Å². The molecule has 0 aliphatic heterocycles. The highest BCUT2D eigenvalue weighted by molar-refractivity contribution is 7.10. The summed E-state index contributed by atoms with van der Waals surface area (Å²) in [6, 6.07) is 4.48. The molecule has 0 aromatic carbocycles. The summed E-state index contributed by atoms with van der Waals surface area (Å²) in [5.74, 6) is 1.17. The number of guanidine groups is 1. The average molecular weight is 239 g/mol. The Bertz CT molecular complexity index is 330. The van der Waals surface area contributed by atoms with Crippen molar-refractivity contribution in [3.63, 3.8) is 0 Å². The second-order valence-corrected chi connectivity index (χ2v) is 5.37. The summed E-state index contributed by atoms with van der Waals surface area (Å²) in [5, 5.41) is 2.08. The van der Waals surface area contributed by atoms with Crippen LogP contribution in [0.4, 0.5) is 0 Å². The van der Waals surface area contributed by atoms with E-state index in [-0.39, 0.29) is 6.04 Å². The second-order valence-electron chi connectivity index (χ2n) is 4.40. The predicted molar refractivity (Wildman–Crippen MR) is 71.8 cm³/mol. The van der Waals surface area contributed by atoms with Gasteiger partial charge < -0.3 is 10.6 Å². The Balaban J connectivity index is 2.63. The van der Waals surface area contributed by atoms with Gasteiger partial charge in [0, 0.05) is 18.5 Å². The van der Waals surface area contributed by atoms with E-state index in [0.29, 0.717) is 11.9 Å². The fourth-order valence-electron chi connectivity index (χ4n) is 1.31. The van der Waals surface area contributed by atoms with Crippen molar-refractivity contribution in [1.29, 1.82) is 0 Å². The molecule has 0 fully saturated rings. The van der Waals surface area contributed by atoms with Crippen LogP contribution >= 0.6 is 11.3 Å². The molecular formula is C12H21N3S. The van der Waals surface area contributed by atoms with Crippen molar-refractivity contribution in [2.75, 3.05) is 13.6 Å². The van der Waals surface area contributed by atoms with Gasteiger partial charge in [0.2, 0.25) is 0 Å². The molecule has 1 unspecified atom stereocenters. The summed E-state index contributed by atoms with van der Waals surface area (Å²) in [7, 11) is 1.99. The number of hydrogen-bond donors (Lipinski definition) is 1. The molecule has 1 aromatic heterocycles. The number of hydrogen-bond acceptors (Lipinski definition) is 2. The number of aliphatic imine (C=N–C) groups is 1. The Hall–Kier alpha value is -1.03. The lowest BCUT2D eigenvalue weighted by Crippen LogP contribution is -2.36. The van der Waals surface area contributed by atoms with Crippen LogP contribution < -0.4 is 5.73 Å². The number of nitrogens with zero attached hydrogens (tertiary/aromatic N) is 2. The Morgan fingerprint density at radius 2 is 2.19 bits per heavy atom. The number of thiophene rings is 1. The molecule has 1 atom stereocenters. The van der Waals surface area contributed by atoms with Gasteiger partial charge in [-0.15, -0.1) is 11.3 Å². The zero-order valence-corrected chi connectivity index (χ0v) is 11.3. The quantitative estimate of drug-likeness (QED) is 0.648. The summed E-state index contributed by atoms with van der Waals surface area (Å²) >= 11 is 1.75. The maximum Gasteiger partial charge on any atom is 0.191 e. The van der Waals surface area contributed by atoms with Crippen molar-refractivity contribution in [3.8, 4) is 0 Å². The van der Waals surface area contributed by atoms with Crippen LogP contribution in [0.25, 0.3) is 0 Å². The summed E-state index contributed by atoms with van der Waals surface area (Å²) < 4.78 is 0. The van der Waals surface area contributed by atoms with Crippen molar-refractivity contribution >= 4 is 17.3 Å². The van der Waals surface area contributed by atoms with Crippen LogP contribution in [0.5, 0.6) is 0 Å². The van der Waals surface area contributed by atoms with Crippen LogP contribution in [0.2, 0.25) is 0 Å². The zero-order chi connectivity index (χ0) is 12.1.